The maximum absolute atomic E-state index is 12.5. The van der Waals surface area contributed by atoms with E-state index < -0.39 is 12.1 Å². The summed E-state index contributed by atoms with van der Waals surface area (Å²) in [5.74, 6) is -0.0856. The van der Waals surface area contributed by atoms with Crippen LogP contribution in [0.25, 0.3) is 0 Å². The first kappa shape index (κ1) is 64.0. The molecule has 0 saturated heterocycles. The van der Waals surface area contributed by atoms with Crippen molar-refractivity contribution < 1.29 is 15.0 Å². The maximum Gasteiger partial charge on any atom is 0.220 e. The number of hydrogen-bond acceptors (Lipinski definition) is 3. The molecule has 0 aromatic heterocycles. The van der Waals surface area contributed by atoms with Gasteiger partial charge in [-0.15, -0.1) is 0 Å². The zero-order valence-electron chi connectivity index (χ0n) is 44.1. The molecular formula is C63H109NO3. The van der Waals surface area contributed by atoms with E-state index in [2.05, 4.69) is 116 Å². The number of carbonyl (C=O) groups excluding carboxylic acids is 1. The lowest BCUT2D eigenvalue weighted by Crippen LogP contribution is -2.45. The van der Waals surface area contributed by atoms with Crippen LogP contribution in [0.15, 0.2) is 109 Å². The number of amides is 1. The Labute approximate surface area is 416 Å². The molecule has 384 valence electrons. The van der Waals surface area contributed by atoms with E-state index in [4.69, 9.17) is 0 Å². The lowest BCUT2D eigenvalue weighted by molar-refractivity contribution is -0.123. The van der Waals surface area contributed by atoms with Crippen LogP contribution >= 0.6 is 0 Å². The minimum Gasteiger partial charge on any atom is -0.394 e. The molecule has 0 aliphatic heterocycles. The van der Waals surface area contributed by atoms with Gasteiger partial charge in [0.25, 0.3) is 0 Å². The summed E-state index contributed by atoms with van der Waals surface area (Å²) in [4.78, 5) is 12.5. The fourth-order valence-corrected chi connectivity index (χ4v) is 8.16. The molecule has 4 nitrogen and oxygen atoms in total. The SMILES string of the molecule is CC/C=C\C/C=C\C/C=C\C/C=C\C/C=C\C/C=C\CCCCCCCCCCCCC(=O)NC(CO)C(O)/C=C/CC/C=C/CC/C=C/CCCCCCCCCCCCCCCCCC. The van der Waals surface area contributed by atoms with Gasteiger partial charge < -0.3 is 15.5 Å². The van der Waals surface area contributed by atoms with Gasteiger partial charge >= 0.3 is 0 Å². The average Bonchev–Trinajstić information content (AvgIpc) is 3.33. The van der Waals surface area contributed by atoms with E-state index >= 15 is 0 Å². The molecule has 0 aliphatic carbocycles. The number of nitrogens with one attached hydrogen (secondary N) is 1. The van der Waals surface area contributed by atoms with Crippen LogP contribution in [0.5, 0.6) is 0 Å². The van der Waals surface area contributed by atoms with Crippen LogP contribution in [0.2, 0.25) is 0 Å². The van der Waals surface area contributed by atoms with Crippen LogP contribution in [-0.2, 0) is 4.79 Å². The summed E-state index contributed by atoms with van der Waals surface area (Å²) in [6.07, 6.45) is 86.8. The molecule has 0 bridgehead atoms. The molecule has 3 N–H and O–H groups in total. The molecule has 2 unspecified atom stereocenters. The van der Waals surface area contributed by atoms with Gasteiger partial charge in [-0.2, -0.15) is 0 Å². The highest BCUT2D eigenvalue weighted by molar-refractivity contribution is 5.76. The molecule has 0 heterocycles. The molecule has 0 saturated carbocycles. The lowest BCUT2D eigenvalue weighted by atomic mass is 10.0. The number of hydrogen-bond donors (Lipinski definition) is 3. The Balaban J connectivity index is 3.62. The summed E-state index contributed by atoms with van der Waals surface area (Å²) in [5, 5.41) is 23.2. The van der Waals surface area contributed by atoms with E-state index in [0.29, 0.717) is 6.42 Å². The van der Waals surface area contributed by atoms with Crippen LogP contribution in [0.3, 0.4) is 0 Å². The zero-order chi connectivity index (χ0) is 48.5. The Morgan fingerprint density at radius 2 is 0.672 bits per heavy atom. The van der Waals surface area contributed by atoms with E-state index in [1.807, 2.05) is 6.08 Å². The van der Waals surface area contributed by atoms with Crippen molar-refractivity contribution in [2.45, 2.75) is 276 Å². The number of rotatable bonds is 51. The molecule has 67 heavy (non-hydrogen) atoms. The normalized spacial score (nSPS) is 13.7. The van der Waals surface area contributed by atoms with Gasteiger partial charge in [0.1, 0.15) is 0 Å². The van der Waals surface area contributed by atoms with Crippen molar-refractivity contribution >= 4 is 5.91 Å². The third kappa shape index (κ3) is 53.9. The van der Waals surface area contributed by atoms with Crippen LogP contribution < -0.4 is 5.32 Å². The molecule has 0 fully saturated rings. The zero-order valence-corrected chi connectivity index (χ0v) is 44.1. The number of carbonyl (C=O) groups is 1. The Kier molecular flexibility index (Phi) is 54.8. The largest absolute Gasteiger partial charge is 0.394 e. The second-order valence-corrected chi connectivity index (χ2v) is 19.0. The van der Waals surface area contributed by atoms with Crippen molar-refractivity contribution in [3.05, 3.63) is 109 Å². The second-order valence-electron chi connectivity index (χ2n) is 19.0. The molecule has 0 radical (unpaired) electrons. The first-order valence-corrected chi connectivity index (χ1v) is 28.6. The van der Waals surface area contributed by atoms with Crippen LogP contribution in [0.4, 0.5) is 0 Å². The van der Waals surface area contributed by atoms with Crippen LogP contribution in [-0.4, -0.2) is 34.9 Å². The quantitative estimate of drug-likeness (QED) is 0.0420. The van der Waals surface area contributed by atoms with Crippen molar-refractivity contribution in [1.82, 2.24) is 5.32 Å². The van der Waals surface area contributed by atoms with Gasteiger partial charge in [0.2, 0.25) is 5.91 Å². The van der Waals surface area contributed by atoms with Gasteiger partial charge in [0.15, 0.2) is 0 Å². The predicted molar refractivity (Wildman–Crippen MR) is 299 cm³/mol. The van der Waals surface area contributed by atoms with E-state index in [9.17, 15) is 15.0 Å². The van der Waals surface area contributed by atoms with E-state index in [1.165, 1.54) is 161 Å². The average molecular weight is 929 g/mol. The summed E-state index contributed by atoms with van der Waals surface area (Å²) in [7, 11) is 0. The molecule has 2 atom stereocenters. The van der Waals surface area contributed by atoms with Gasteiger partial charge in [-0.3, -0.25) is 4.79 Å². The lowest BCUT2D eigenvalue weighted by Gasteiger charge is -2.19. The molecule has 0 rings (SSSR count). The van der Waals surface area contributed by atoms with E-state index in [-0.39, 0.29) is 12.5 Å². The summed E-state index contributed by atoms with van der Waals surface area (Å²) < 4.78 is 0. The molecule has 0 aliphatic rings. The number of aliphatic hydroxyl groups is 2. The summed E-state index contributed by atoms with van der Waals surface area (Å²) in [6.45, 7) is 4.19. The highest BCUT2D eigenvalue weighted by Crippen LogP contribution is 2.15. The highest BCUT2D eigenvalue weighted by atomic mass is 16.3. The summed E-state index contributed by atoms with van der Waals surface area (Å²) in [6, 6.07) is -0.657. The summed E-state index contributed by atoms with van der Waals surface area (Å²) in [5.41, 5.74) is 0. The Bertz CT molecular complexity index is 1280. The third-order valence-electron chi connectivity index (χ3n) is 12.5. The van der Waals surface area contributed by atoms with Crippen molar-refractivity contribution in [1.29, 1.82) is 0 Å². The molecule has 0 aromatic carbocycles. The molecular weight excluding hydrogens is 819 g/mol. The molecule has 0 aromatic rings. The Morgan fingerprint density at radius 3 is 1.04 bits per heavy atom. The van der Waals surface area contributed by atoms with Gasteiger partial charge in [-0.1, -0.05) is 271 Å². The highest BCUT2D eigenvalue weighted by Gasteiger charge is 2.17. The first-order chi connectivity index (χ1) is 33.2. The first-order valence-electron chi connectivity index (χ1n) is 28.6. The van der Waals surface area contributed by atoms with Crippen LogP contribution in [0, 0.1) is 0 Å². The van der Waals surface area contributed by atoms with Gasteiger partial charge in [-0.05, 0) is 96.3 Å². The van der Waals surface area contributed by atoms with Gasteiger partial charge in [-0.25, -0.2) is 0 Å². The Hall–Kier alpha value is -2.95. The van der Waals surface area contributed by atoms with E-state index in [0.717, 1.165) is 83.5 Å². The smallest absolute Gasteiger partial charge is 0.220 e. The maximum atomic E-state index is 12.5. The minimum atomic E-state index is -0.880. The number of aliphatic hydroxyl groups excluding tert-OH is 2. The molecule has 0 spiro atoms. The summed E-state index contributed by atoms with van der Waals surface area (Å²) >= 11 is 0. The van der Waals surface area contributed by atoms with Crippen LogP contribution in [0.1, 0.15) is 264 Å². The van der Waals surface area contributed by atoms with Crippen molar-refractivity contribution in [3.8, 4) is 0 Å². The third-order valence-corrected chi connectivity index (χ3v) is 12.5. The van der Waals surface area contributed by atoms with E-state index in [1.54, 1.807) is 6.08 Å². The second kappa shape index (κ2) is 57.4. The standard InChI is InChI=1S/C63H109NO3/c1-3-5-7-9-11-13-15-17-19-21-23-25-27-29-31-32-33-35-37-39-41-43-45-47-49-51-53-55-57-59-63(67)64-61(60-65)62(66)58-56-54-52-50-48-46-44-42-40-38-36-34-30-28-26-24-22-20-18-16-14-12-10-8-6-4-2/h5,7,11,13,17,19,23,25,29,31,33,35,40,42,48,50,56,58,61-62,65-66H,3-4,6,8-10,12,14-16,18,20-22,24,26-28,30,32,34,36-39,41,43-47,49,51-55,57,59-60H2,1-2H3,(H,64,67)/b7-5-,13-11-,19-17-,25-23-,31-29-,35-33-,42-40+,50-48+,58-56+. The van der Waals surface area contributed by atoms with Crippen molar-refractivity contribution in [2.24, 2.45) is 0 Å². The number of unbranched alkanes of at least 4 members (excludes halogenated alkanes) is 28. The van der Waals surface area contributed by atoms with Crippen molar-refractivity contribution in [3.63, 3.8) is 0 Å². The molecule has 4 heteroatoms. The van der Waals surface area contributed by atoms with Crippen molar-refractivity contribution in [2.75, 3.05) is 6.61 Å². The fraction of sp³-hybridized carbons (Fsp3) is 0.698. The fourth-order valence-electron chi connectivity index (χ4n) is 8.16. The van der Waals surface area contributed by atoms with Gasteiger partial charge in [0, 0.05) is 6.42 Å². The van der Waals surface area contributed by atoms with Gasteiger partial charge in [0.05, 0.1) is 18.8 Å². The molecule has 1 amide bonds. The predicted octanol–water partition coefficient (Wildman–Crippen LogP) is 19.1. The number of allylic oxidation sites excluding steroid dienone is 17. The topological polar surface area (TPSA) is 69.6 Å². The Morgan fingerprint density at radius 1 is 0.373 bits per heavy atom. The monoisotopic (exact) mass is 928 g/mol. The minimum absolute atomic E-state index is 0.0856.